The summed E-state index contributed by atoms with van der Waals surface area (Å²) in [6.07, 6.45) is 3.69. The zero-order valence-corrected chi connectivity index (χ0v) is 13.4. The number of para-hydroxylation sites is 2. The van der Waals surface area contributed by atoms with E-state index in [2.05, 4.69) is 10.3 Å². The Balaban J connectivity index is 1.86. The summed E-state index contributed by atoms with van der Waals surface area (Å²) in [6.45, 7) is 0. The van der Waals surface area contributed by atoms with Gasteiger partial charge in [-0.2, -0.15) is 0 Å². The molecule has 4 aromatic rings. The second-order valence-corrected chi connectivity index (χ2v) is 5.30. The van der Waals surface area contributed by atoms with E-state index in [-0.39, 0.29) is 0 Å². The van der Waals surface area contributed by atoms with Crippen LogP contribution in [0.15, 0.2) is 54.9 Å². The number of benzene rings is 2. The van der Waals surface area contributed by atoms with Gasteiger partial charge in [0, 0.05) is 36.3 Å². The van der Waals surface area contributed by atoms with E-state index in [0.717, 1.165) is 22.4 Å². The van der Waals surface area contributed by atoms with Crippen molar-refractivity contribution < 1.29 is 9.47 Å². The fourth-order valence-electron chi connectivity index (χ4n) is 2.71. The zero-order valence-electron chi connectivity index (χ0n) is 13.4. The fraction of sp³-hybridized carbons (Fsp3) is 0.111. The van der Waals surface area contributed by atoms with E-state index in [1.165, 1.54) is 0 Å². The van der Waals surface area contributed by atoms with E-state index in [1.54, 1.807) is 20.4 Å². The Morgan fingerprint density at radius 1 is 1.00 bits per heavy atom. The van der Waals surface area contributed by atoms with Crippen LogP contribution in [-0.2, 0) is 0 Å². The molecule has 0 saturated heterocycles. The van der Waals surface area contributed by atoms with Crippen LogP contribution in [0.25, 0.3) is 16.7 Å². The molecule has 0 unspecified atom stereocenters. The Morgan fingerprint density at radius 3 is 2.50 bits per heavy atom. The van der Waals surface area contributed by atoms with Crippen molar-refractivity contribution in [2.45, 2.75) is 0 Å². The molecule has 0 amide bonds. The summed E-state index contributed by atoms with van der Waals surface area (Å²) >= 11 is 0. The zero-order chi connectivity index (χ0) is 16.5. The van der Waals surface area contributed by atoms with Gasteiger partial charge in [-0.25, -0.2) is 9.97 Å². The Morgan fingerprint density at radius 2 is 1.75 bits per heavy atom. The van der Waals surface area contributed by atoms with Gasteiger partial charge in [0.15, 0.2) is 11.5 Å². The lowest BCUT2D eigenvalue weighted by atomic mass is 10.2. The van der Waals surface area contributed by atoms with Gasteiger partial charge >= 0.3 is 0 Å². The maximum Gasteiger partial charge on any atom is 0.180 e. The van der Waals surface area contributed by atoms with Crippen molar-refractivity contribution in [3.8, 4) is 11.5 Å². The van der Waals surface area contributed by atoms with Crippen LogP contribution >= 0.6 is 0 Å². The minimum atomic E-state index is 0.675. The average molecular weight is 320 g/mol. The van der Waals surface area contributed by atoms with Gasteiger partial charge in [0.2, 0.25) is 0 Å². The van der Waals surface area contributed by atoms with E-state index in [9.17, 15) is 0 Å². The largest absolute Gasteiger partial charge is 0.497 e. The third kappa shape index (κ3) is 2.38. The summed E-state index contributed by atoms with van der Waals surface area (Å²) in [4.78, 5) is 9.13. The third-order valence-corrected chi connectivity index (χ3v) is 3.84. The van der Waals surface area contributed by atoms with Crippen LogP contribution in [0, 0.1) is 0 Å². The van der Waals surface area contributed by atoms with E-state index in [4.69, 9.17) is 14.5 Å². The number of fused-ring (bicyclic) bond motifs is 3. The number of nitrogens with zero attached hydrogens (tertiary/aromatic N) is 3. The molecule has 1 N–H and O–H groups in total. The van der Waals surface area contributed by atoms with Crippen molar-refractivity contribution in [1.82, 2.24) is 14.4 Å². The van der Waals surface area contributed by atoms with Gasteiger partial charge in [-0.3, -0.25) is 4.40 Å². The number of imidazole rings is 1. The Labute approximate surface area is 138 Å². The lowest BCUT2D eigenvalue weighted by molar-refractivity contribution is 0.395. The molecule has 2 heterocycles. The number of aromatic nitrogens is 3. The molecular weight excluding hydrogens is 304 g/mol. The SMILES string of the molecule is COc1cc(Nc2nc3ccccc3n3ccnc23)cc(OC)c1. The molecule has 6 heteroatoms. The van der Waals surface area contributed by atoms with Gasteiger partial charge in [0.25, 0.3) is 0 Å². The van der Waals surface area contributed by atoms with Gasteiger partial charge < -0.3 is 14.8 Å². The predicted octanol–water partition coefficient (Wildman–Crippen LogP) is 3.64. The molecule has 0 radical (unpaired) electrons. The molecule has 2 aromatic carbocycles. The van der Waals surface area contributed by atoms with Crippen molar-refractivity contribution in [3.05, 3.63) is 54.9 Å². The second kappa shape index (κ2) is 5.73. The monoisotopic (exact) mass is 320 g/mol. The van der Waals surface area contributed by atoms with E-state index in [1.807, 2.05) is 53.1 Å². The van der Waals surface area contributed by atoms with Crippen LogP contribution in [0.4, 0.5) is 11.5 Å². The number of anilines is 2. The number of hydrogen-bond acceptors (Lipinski definition) is 5. The molecule has 2 aromatic heterocycles. The summed E-state index contributed by atoms with van der Waals surface area (Å²) < 4.78 is 12.6. The maximum atomic E-state index is 5.32. The van der Waals surface area contributed by atoms with Crippen LogP contribution in [0.1, 0.15) is 0 Å². The highest BCUT2D eigenvalue weighted by molar-refractivity contribution is 5.84. The first kappa shape index (κ1) is 14.3. The standard InChI is InChI=1S/C18H16N4O2/c1-23-13-9-12(10-14(11-13)24-2)20-17-18-19-7-8-22(18)16-6-4-3-5-15(16)21-17/h3-11H,1-2H3,(H,20,21). The van der Waals surface area contributed by atoms with Crippen molar-refractivity contribution >= 4 is 28.2 Å². The summed E-state index contributed by atoms with van der Waals surface area (Å²) in [5.74, 6) is 2.09. The number of rotatable bonds is 4. The molecular formula is C18H16N4O2. The maximum absolute atomic E-state index is 5.32. The summed E-state index contributed by atoms with van der Waals surface area (Å²) in [5.41, 5.74) is 3.48. The highest BCUT2D eigenvalue weighted by Crippen LogP contribution is 2.29. The highest BCUT2D eigenvalue weighted by Gasteiger charge is 2.10. The topological polar surface area (TPSA) is 60.7 Å². The molecule has 24 heavy (non-hydrogen) atoms. The minimum Gasteiger partial charge on any atom is -0.497 e. The van der Waals surface area contributed by atoms with E-state index >= 15 is 0 Å². The number of nitrogens with one attached hydrogen (secondary N) is 1. The van der Waals surface area contributed by atoms with Gasteiger partial charge in [0.1, 0.15) is 11.5 Å². The van der Waals surface area contributed by atoms with Crippen molar-refractivity contribution in [1.29, 1.82) is 0 Å². The highest BCUT2D eigenvalue weighted by atomic mass is 16.5. The van der Waals surface area contributed by atoms with Crippen LogP contribution in [-0.4, -0.2) is 28.6 Å². The molecule has 0 aliphatic heterocycles. The number of methoxy groups -OCH3 is 2. The van der Waals surface area contributed by atoms with E-state index < -0.39 is 0 Å². The lowest BCUT2D eigenvalue weighted by Gasteiger charge is -2.12. The molecule has 120 valence electrons. The molecule has 4 rings (SSSR count). The predicted molar refractivity (Wildman–Crippen MR) is 93.3 cm³/mol. The van der Waals surface area contributed by atoms with Crippen molar-refractivity contribution in [2.75, 3.05) is 19.5 Å². The lowest BCUT2D eigenvalue weighted by Crippen LogP contribution is -2.00. The minimum absolute atomic E-state index is 0.675. The Kier molecular flexibility index (Phi) is 3.42. The number of hydrogen-bond donors (Lipinski definition) is 1. The summed E-state index contributed by atoms with van der Waals surface area (Å²) in [7, 11) is 3.25. The van der Waals surface area contributed by atoms with Crippen LogP contribution in [0.5, 0.6) is 11.5 Å². The molecule has 0 aliphatic carbocycles. The normalized spacial score (nSPS) is 10.9. The molecule has 0 atom stereocenters. The summed E-state index contributed by atoms with van der Waals surface area (Å²) in [5, 5.41) is 3.32. The quantitative estimate of drug-likeness (QED) is 0.622. The van der Waals surface area contributed by atoms with Gasteiger partial charge in [-0.15, -0.1) is 0 Å². The fourth-order valence-corrected chi connectivity index (χ4v) is 2.71. The van der Waals surface area contributed by atoms with Gasteiger partial charge in [0.05, 0.1) is 25.3 Å². The Bertz CT molecular complexity index is 1000. The first-order valence-corrected chi connectivity index (χ1v) is 7.50. The van der Waals surface area contributed by atoms with Gasteiger partial charge in [-0.1, -0.05) is 12.1 Å². The van der Waals surface area contributed by atoms with Crippen molar-refractivity contribution in [3.63, 3.8) is 0 Å². The molecule has 0 spiro atoms. The van der Waals surface area contributed by atoms with E-state index in [0.29, 0.717) is 17.3 Å². The third-order valence-electron chi connectivity index (χ3n) is 3.84. The van der Waals surface area contributed by atoms with Crippen LogP contribution in [0.2, 0.25) is 0 Å². The Hall–Kier alpha value is -3.28. The summed E-state index contributed by atoms with van der Waals surface area (Å²) in [6, 6.07) is 13.6. The average Bonchev–Trinajstić information content (AvgIpc) is 3.12. The first-order chi connectivity index (χ1) is 11.8. The molecule has 0 saturated carbocycles. The van der Waals surface area contributed by atoms with Crippen LogP contribution in [0.3, 0.4) is 0 Å². The van der Waals surface area contributed by atoms with Crippen LogP contribution < -0.4 is 14.8 Å². The molecule has 0 bridgehead atoms. The molecule has 0 aliphatic rings. The second-order valence-electron chi connectivity index (χ2n) is 5.30. The molecule has 6 nitrogen and oxygen atoms in total. The molecule has 0 fully saturated rings. The van der Waals surface area contributed by atoms with Crippen molar-refractivity contribution in [2.24, 2.45) is 0 Å². The first-order valence-electron chi connectivity index (χ1n) is 7.50. The number of ether oxygens (including phenoxy) is 2. The van der Waals surface area contributed by atoms with Gasteiger partial charge in [-0.05, 0) is 12.1 Å². The smallest absolute Gasteiger partial charge is 0.180 e.